The maximum atomic E-state index is 12.4. The summed E-state index contributed by atoms with van der Waals surface area (Å²) in [5.74, 6) is -0.184. The third kappa shape index (κ3) is 3.08. The highest BCUT2D eigenvalue weighted by Gasteiger charge is 2.16. The minimum atomic E-state index is -0.184. The van der Waals surface area contributed by atoms with Crippen LogP contribution in [0.5, 0.6) is 0 Å². The fourth-order valence-electron chi connectivity index (χ4n) is 2.72. The summed E-state index contributed by atoms with van der Waals surface area (Å²) >= 11 is 0. The number of rotatable bonds is 5. The van der Waals surface area contributed by atoms with Crippen LogP contribution in [0.1, 0.15) is 35.1 Å². The van der Waals surface area contributed by atoms with Crippen LogP contribution in [0.2, 0.25) is 0 Å². The number of amides is 1. The lowest BCUT2D eigenvalue weighted by Gasteiger charge is -2.10. The summed E-state index contributed by atoms with van der Waals surface area (Å²) in [6.07, 6.45) is 5.11. The van der Waals surface area contributed by atoms with E-state index in [-0.39, 0.29) is 5.91 Å². The molecule has 0 aliphatic heterocycles. The summed E-state index contributed by atoms with van der Waals surface area (Å²) in [6, 6.07) is 9.86. The average molecular weight is 323 g/mol. The van der Waals surface area contributed by atoms with Crippen LogP contribution in [0, 0.1) is 6.92 Å². The van der Waals surface area contributed by atoms with Crippen LogP contribution in [0.25, 0.3) is 5.69 Å². The van der Waals surface area contributed by atoms with Crippen LogP contribution in [-0.4, -0.2) is 25.5 Å². The number of hydrogen-bond acceptors (Lipinski definition) is 3. The summed E-state index contributed by atoms with van der Waals surface area (Å²) in [7, 11) is 1.75. The Labute approximate surface area is 141 Å². The smallest absolute Gasteiger partial charge is 0.274 e. The monoisotopic (exact) mass is 323 g/mol. The highest BCUT2D eigenvalue weighted by atomic mass is 16.2. The molecule has 1 aromatic carbocycles. The molecular formula is C18H21N5O. The van der Waals surface area contributed by atoms with E-state index in [4.69, 9.17) is 0 Å². The van der Waals surface area contributed by atoms with Crippen LogP contribution in [-0.2, 0) is 13.5 Å². The van der Waals surface area contributed by atoms with Crippen molar-refractivity contribution in [3.05, 3.63) is 59.7 Å². The number of hydrogen-bond donors (Lipinski definition) is 1. The maximum Gasteiger partial charge on any atom is 0.274 e. The van der Waals surface area contributed by atoms with E-state index in [9.17, 15) is 4.79 Å². The first-order valence-corrected chi connectivity index (χ1v) is 8.03. The van der Waals surface area contributed by atoms with Crippen LogP contribution >= 0.6 is 0 Å². The number of nitrogens with zero attached hydrogens (tertiary/aromatic N) is 4. The maximum absolute atomic E-state index is 12.4. The van der Waals surface area contributed by atoms with E-state index in [1.165, 1.54) is 5.56 Å². The molecule has 6 nitrogen and oxygen atoms in total. The standard InChI is InChI=1S/C18H21N5O/c1-4-6-16-15(21-18(24)17-9-10-19-22(17)3)12-20-23(16)14-8-5-7-13(2)11-14/h5,7-12H,4,6H2,1-3H3,(H,21,24). The summed E-state index contributed by atoms with van der Waals surface area (Å²) in [6.45, 7) is 4.16. The van der Waals surface area contributed by atoms with Crippen molar-refractivity contribution < 1.29 is 4.79 Å². The Hall–Kier alpha value is -2.89. The van der Waals surface area contributed by atoms with Gasteiger partial charge >= 0.3 is 0 Å². The van der Waals surface area contributed by atoms with Crippen molar-refractivity contribution in [3.63, 3.8) is 0 Å². The molecule has 0 aliphatic rings. The fourth-order valence-corrected chi connectivity index (χ4v) is 2.72. The van der Waals surface area contributed by atoms with Gasteiger partial charge in [0, 0.05) is 13.2 Å². The highest BCUT2D eigenvalue weighted by Crippen LogP contribution is 2.22. The largest absolute Gasteiger partial charge is 0.318 e. The van der Waals surface area contributed by atoms with E-state index in [1.807, 2.05) is 16.8 Å². The van der Waals surface area contributed by atoms with E-state index in [1.54, 1.807) is 30.2 Å². The molecule has 3 rings (SSSR count). The summed E-state index contributed by atoms with van der Waals surface area (Å²) in [4.78, 5) is 12.4. The van der Waals surface area contributed by atoms with Crippen molar-refractivity contribution in [2.24, 2.45) is 7.05 Å². The molecule has 3 aromatic rings. The third-order valence-electron chi connectivity index (χ3n) is 3.90. The molecule has 1 N–H and O–H groups in total. The predicted octanol–water partition coefficient (Wildman–Crippen LogP) is 3.12. The van der Waals surface area contributed by atoms with Gasteiger partial charge in [-0.1, -0.05) is 25.5 Å². The third-order valence-corrected chi connectivity index (χ3v) is 3.90. The van der Waals surface area contributed by atoms with Gasteiger partial charge in [-0.05, 0) is 37.1 Å². The Morgan fingerprint density at radius 1 is 1.25 bits per heavy atom. The van der Waals surface area contributed by atoms with Gasteiger partial charge in [-0.25, -0.2) is 4.68 Å². The van der Waals surface area contributed by atoms with Crippen LogP contribution in [0.3, 0.4) is 0 Å². The Morgan fingerprint density at radius 2 is 2.08 bits per heavy atom. The Balaban J connectivity index is 1.94. The molecule has 1 amide bonds. The van der Waals surface area contributed by atoms with E-state index < -0.39 is 0 Å². The topological polar surface area (TPSA) is 64.7 Å². The van der Waals surface area contributed by atoms with E-state index in [0.717, 1.165) is 29.9 Å². The van der Waals surface area contributed by atoms with Crippen molar-refractivity contribution in [3.8, 4) is 5.69 Å². The highest BCUT2D eigenvalue weighted by molar-refractivity contribution is 6.03. The molecule has 0 atom stereocenters. The first kappa shape index (κ1) is 16.0. The molecule has 24 heavy (non-hydrogen) atoms. The van der Waals surface area contributed by atoms with Gasteiger partial charge in [-0.15, -0.1) is 0 Å². The molecule has 0 aliphatic carbocycles. The first-order valence-electron chi connectivity index (χ1n) is 8.03. The van der Waals surface area contributed by atoms with Gasteiger partial charge in [0.2, 0.25) is 0 Å². The predicted molar refractivity (Wildman–Crippen MR) is 93.5 cm³/mol. The first-order chi connectivity index (χ1) is 11.6. The molecule has 0 bridgehead atoms. The van der Waals surface area contributed by atoms with Gasteiger partial charge < -0.3 is 5.32 Å². The fraction of sp³-hybridized carbons (Fsp3) is 0.278. The molecule has 6 heteroatoms. The number of aromatic nitrogens is 4. The van der Waals surface area contributed by atoms with Crippen molar-refractivity contribution in [2.45, 2.75) is 26.7 Å². The van der Waals surface area contributed by atoms with Gasteiger partial charge in [0.25, 0.3) is 5.91 Å². The number of aryl methyl sites for hydroxylation is 2. The van der Waals surface area contributed by atoms with E-state index in [0.29, 0.717) is 5.69 Å². The molecule has 0 fully saturated rings. The summed E-state index contributed by atoms with van der Waals surface area (Å²) in [5, 5.41) is 11.5. The summed E-state index contributed by atoms with van der Waals surface area (Å²) in [5.41, 5.74) is 4.43. The normalized spacial score (nSPS) is 10.8. The Morgan fingerprint density at radius 3 is 2.75 bits per heavy atom. The van der Waals surface area contributed by atoms with Crippen LogP contribution in [0.15, 0.2) is 42.7 Å². The molecule has 0 spiro atoms. The SMILES string of the molecule is CCCc1c(NC(=O)c2ccnn2C)cnn1-c1cccc(C)c1. The molecule has 2 aromatic heterocycles. The lowest BCUT2D eigenvalue weighted by molar-refractivity contribution is 0.101. The molecule has 2 heterocycles. The molecule has 124 valence electrons. The number of carbonyl (C=O) groups excluding carboxylic acids is 1. The van der Waals surface area contributed by atoms with Gasteiger partial charge in [0.15, 0.2) is 0 Å². The number of carbonyl (C=O) groups is 1. The second-order valence-electron chi connectivity index (χ2n) is 5.80. The zero-order valence-corrected chi connectivity index (χ0v) is 14.2. The average Bonchev–Trinajstić information content (AvgIpc) is 3.15. The van der Waals surface area contributed by atoms with Crippen LogP contribution in [0.4, 0.5) is 5.69 Å². The molecular weight excluding hydrogens is 302 g/mol. The number of nitrogens with one attached hydrogen (secondary N) is 1. The van der Waals surface area contributed by atoms with Crippen molar-refractivity contribution in [1.29, 1.82) is 0 Å². The van der Waals surface area contributed by atoms with Crippen LogP contribution < -0.4 is 5.32 Å². The summed E-state index contributed by atoms with van der Waals surface area (Å²) < 4.78 is 3.45. The van der Waals surface area contributed by atoms with Gasteiger partial charge in [0.05, 0.1) is 23.3 Å². The molecule has 0 radical (unpaired) electrons. The lowest BCUT2D eigenvalue weighted by Crippen LogP contribution is -2.17. The van der Waals surface area contributed by atoms with E-state index >= 15 is 0 Å². The van der Waals surface area contributed by atoms with Gasteiger partial charge in [-0.2, -0.15) is 10.2 Å². The zero-order chi connectivity index (χ0) is 17.1. The van der Waals surface area contributed by atoms with Gasteiger partial charge in [-0.3, -0.25) is 9.48 Å². The molecule has 0 saturated carbocycles. The lowest BCUT2D eigenvalue weighted by atomic mass is 10.2. The van der Waals surface area contributed by atoms with Crippen molar-refractivity contribution >= 4 is 11.6 Å². The minimum Gasteiger partial charge on any atom is -0.318 e. The van der Waals surface area contributed by atoms with Crippen molar-refractivity contribution in [1.82, 2.24) is 19.6 Å². The quantitative estimate of drug-likeness (QED) is 0.784. The van der Waals surface area contributed by atoms with Gasteiger partial charge in [0.1, 0.15) is 5.69 Å². The minimum absolute atomic E-state index is 0.184. The van der Waals surface area contributed by atoms with E-state index in [2.05, 4.69) is 41.5 Å². The number of anilines is 1. The second-order valence-corrected chi connectivity index (χ2v) is 5.80. The van der Waals surface area contributed by atoms with Crippen molar-refractivity contribution in [2.75, 3.05) is 5.32 Å². The Bertz CT molecular complexity index is 862. The second kappa shape index (κ2) is 6.70. The Kier molecular flexibility index (Phi) is 4.46. The number of benzene rings is 1. The molecule has 0 saturated heterocycles. The molecule has 0 unspecified atom stereocenters. The zero-order valence-electron chi connectivity index (χ0n) is 14.2.